The van der Waals surface area contributed by atoms with Gasteiger partial charge in [0, 0.05) is 11.5 Å². The largest absolute Gasteiger partial charge is 1.00 e. The van der Waals surface area contributed by atoms with E-state index in [1.807, 2.05) is 0 Å². The van der Waals surface area contributed by atoms with Crippen LogP contribution in [0.5, 0.6) is 0 Å². The minimum absolute atomic E-state index is 0. The molecule has 30 heavy (non-hydrogen) atoms. The third-order valence-electron chi connectivity index (χ3n) is 3.84. The second-order valence-corrected chi connectivity index (χ2v) is 13.5. The summed E-state index contributed by atoms with van der Waals surface area (Å²) in [5.41, 5.74) is 0.937. The van der Waals surface area contributed by atoms with Crippen molar-refractivity contribution < 1.29 is 80.5 Å². The number of aryl methyl sites for hydroxylation is 2. The molecule has 0 heterocycles. The van der Waals surface area contributed by atoms with Crippen LogP contribution in [0, 0.1) is 13.8 Å². The van der Waals surface area contributed by atoms with E-state index >= 15 is 0 Å². The van der Waals surface area contributed by atoms with Gasteiger partial charge < -0.3 is 9.11 Å². The maximum atomic E-state index is 12.6. The minimum Gasteiger partial charge on any atom is -0.748 e. The zero-order valence-electron chi connectivity index (χ0n) is 17.1. The van der Waals surface area contributed by atoms with Gasteiger partial charge in [-0.2, -0.15) is 0 Å². The van der Waals surface area contributed by atoms with E-state index in [0.29, 0.717) is 11.1 Å². The summed E-state index contributed by atoms with van der Waals surface area (Å²) in [5, 5.41) is 0. The van der Waals surface area contributed by atoms with Crippen LogP contribution in [0.15, 0.2) is 21.9 Å². The Balaban J connectivity index is 0. The first-order valence-corrected chi connectivity index (χ1v) is 14.3. The molecule has 1 aromatic rings. The molecule has 1 aromatic carbocycles. The van der Waals surface area contributed by atoms with E-state index in [0.717, 1.165) is 12.1 Å². The van der Waals surface area contributed by atoms with Gasteiger partial charge >= 0.3 is 37.7 Å². The molecule has 0 aliphatic rings. The van der Waals surface area contributed by atoms with Gasteiger partial charge in [0.2, 0.25) is 0 Å². The van der Waals surface area contributed by atoms with E-state index in [1.54, 1.807) is 13.8 Å². The van der Waals surface area contributed by atoms with Crippen LogP contribution < -0.4 is 37.7 Å². The van der Waals surface area contributed by atoms with Crippen LogP contribution in [0.1, 0.15) is 24.0 Å². The Morgan fingerprint density at radius 1 is 0.600 bits per heavy atom. The Bertz CT molecular complexity index is 1060. The molecular formula is C14H20Li2O10S4. The summed E-state index contributed by atoms with van der Waals surface area (Å²) in [6, 6.07) is 2.27. The summed E-state index contributed by atoms with van der Waals surface area (Å²) in [5.74, 6) is -3.34. The van der Waals surface area contributed by atoms with E-state index in [-0.39, 0.29) is 37.7 Å². The van der Waals surface area contributed by atoms with E-state index in [9.17, 15) is 42.8 Å². The van der Waals surface area contributed by atoms with Gasteiger partial charge in [0.1, 0.15) is 0 Å². The fourth-order valence-corrected chi connectivity index (χ4v) is 7.38. The van der Waals surface area contributed by atoms with Gasteiger partial charge in [-0.15, -0.1) is 0 Å². The van der Waals surface area contributed by atoms with Gasteiger partial charge in [-0.05, 0) is 49.9 Å². The molecule has 0 spiro atoms. The molecule has 0 unspecified atom stereocenters. The van der Waals surface area contributed by atoms with Crippen LogP contribution in [0.2, 0.25) is 0 Å². The van der Waals surface area contributed by atoms with Crippen molar-refractivity contribution in [3.05, 3.63) is 23.3 Å². The quantitative estimate of drug-likeness (QED) is 0.226. The monoisotopic (exact) mass is 490 g/mol. The van der Waals surface area contributed by atoms with E-state index in [1.165, 1.54) is 0 Å². The van der Waals surface area contributed by atoms with Gasteiger partial charge in [-0.25, -0.2) is 33.7 Å². The van der Waals surface area contributed by atoms with Crippen LogP contribution >= 0.6 is 0 Å². The van der Waals surface area contributed by atoms with Crippen molar-refractivity contribution in [3.63, 3.8) is 0 Å². The first kappa shape index (κ1) is 32.3. The summed E-state index contributed by atoms with van der Waals surface area (Å²) < 4.78 is 114. The zero-order valence-corrected chi connectivity index (χ0v) is 20.4. The summed E-state index contributed by atoms with van der Waals surface area (Å²) in [7, 11) is -17.8. The Kier molecular flexibility index (Phi) is 12.8. The molecular weight excluding hydrogens is 470 g/mol. The topological polar surface area (TPSA) is 183 Å². The van der Waals surface area contributed by atoms with Crippen molar-refractivity contribution in [2.45, 2.75) is 36.5 Å². The number of sulfone groups is 2. The SMILES string of the molecule is Cc1cc(S(=O)(=O)CCCS(=O)(=O)[O-])c(S(=O)(=O)CCCS(=O)(=O)[O-])cc1C.[Li+].[Li+]. The standard InChI is InChI=1S/C14H22O10S4.2Li/c1-11-9-13(25(15,16)5-3-7-27(19,20)21)14(10-12(11)2)26(17,18)6-4-8-28(22,23)24;;/h9-10H,3-8H2,1-2H3,(H,19,20,21)(H,22,23,24);;/q;2*+1/p-2. The molecule has 0 N–H and O–H groups in total. The maximum Gasteiger partial charge on any atom is 1.00 e. The predicted octanol–water partition coefficient (Wildman–Crippen LogP) is -6.27. The van der Waals surface area contributed by atoms with Crippen molar-refractivity contribution in [3.8, 4) is 0 Å². The Labute approximate surface area is 201 Å². The van der Waals surface area contributed by atoms with Crippen molar-refractivity contribution in [2.24, 2.45) is 0 Å². The van der Waals surface area contributed by atoms with Crippen molar-refractivity contribution >= 4 is 39.9 Å². The second kappa shape index (κ2) is 11.8. The van der Waals surface area contributed by atoms with Gasteiger partial charge in [0.15, 0.2) is 19.7 Å². The molecule has 0 aliphatic heterocycles. The molecule has 0 fully saturated rings. The summed E-state index contributed by atoms with van der Waals surface area (Å²) >= 11 is 0. The zero-order chi connectivity index (χ0) is 22.0. The normalized spacial score (nSPS) is 12.7. The second-order valence-electron chi connectivity index (χ2n) is 6.25. The van der Waals surface area contributed by atoms with Crippen molar-refractivity contribution in [1.29, 1.82) is 0 Å². The van der Waals surface area contributed by atoms with Gasteiger partial charge in [0.25, 0.3) is 0 Å². The summed E-state index contributed by atoms with van der Waals surface area (Å²) in [6.07, 6.45) is -1.01. The molecule has 162 valence electrons. The minimum atomic E-state index is -4.63. The molecule has 0 radical (unpaired) electrons. The van der Waals surface area contributed by atoms with Crippen LogP contribution in [-0.2, 0) is 39.9 Å². The molecule has 0 saturated heterocycles. The first-order valence-electron chi connectivity index (χ1n) is 7.88. The number of hydrogen-bond donors (Lipinski definition) is 0. The van der Waals surface area contributed by atoms with E-state index in [2.05, 4.69) is 0 Å². The van der Waals surface area contributed by atoms with Crippen LogP contribution in [0.4, 0.5) is 0 Å². The molecule has 0 saturated carbocycles. The number of hydrogen-bond acceptors (Lipinski definition) is 10. The van der Waals surface area contributed by atoms with Crippen LogP contribution in [0.3, 0.4) is 0 Å². The average Bonchev–Trinajstić information content (AvgIpc) is 2.46. The Morgan fingerprint density at radius 2 is 0.867 bits per heavy atom. The molecule has 0 amide bonds. The van der Waals surface area contributed by atoms with Gasteiger partial charge in [-0.1, -0.05) is 0 Å². The van der Waals surface area contributed by atoms with E-state index < -0.39 is 85.6 Å². The smallest absolute Gasteiger partial charge is 0.748 e. The Hall–Kier alpha value is 0.135. The summed E-state index contributed by atoms with van der Waals surface area (Å²) in [6.45, 7) is 3.10. The molecule has 0 atom stereocenters. The fourth-order valence-electron chi connectivity index (χ4n) is 2.32. The molecule has 10 nitrogen and oxygen atoms in total. The van der Waals surface area contributed by atoms with Crippen molar-refractivity contribution in [2.75, 3.05) is 23.0 Å². The van der Waals surface area contributed by atoms with Gasteiger partial charge in [0.05, 0.1) is 41.5 Å². The van der Waals surface area contributed by atoms with Crippen molar-refractivity contribution in [1.82, 2.24) is 0 Å². The average molecular weight is 490 g/mol. The van der Waals surface area contributed by atoms with Gasteiger partial charge in [-0.3, -0.25) is 0 Å². The maximum absolute atomic E-state index is 12.6. The molecule has 16 heteroatoms. The molecule has 0 aromatic heterocycles. The molecule has 1 rings (SSSR count). The molecule has 0 bridgehead atoms. The third kappa shape index (κ3) is 10.6. The van der Waals surface area contributed by atoms with Crippen LogP contribution in [-0.4, -0.2) is 65.8 Å². The number of rotatable bonds is 10. The predicted molar refractivity (Wildman–Crippen MR) is 98.4 cm³/mol. The number of benzene rings is 1. The fraction of sp³-hybridized carbons (Fsp3) is 0.571. The van der Waals surface area contributed by atoms with E-state index in [4.69, 9.17) is 0 Å². The molecule has 0 aliphatic carbocycles. The summed E-state index contributed by atoms with van der Waals surface area (Å²) in [4.78, 5) is -1.10. The van der Waals surface area contributed by atoms with Crippen LogP contribution in [0.25, 0.3) is 0 Å². The first-order chi connectivity index (χ1) is 12.4. The third-order valence-corrected chi connectivity index (χ3v) is 9.22. The Morgan fingerprint density at radius 3 is 1.10 bits per heavy atom.